The lowest BCUT2D eigenvalue weighted by molar-refractivity contribution is 0.0944. The third-order valence-electron chi connectivity index (χ3n) is 3.34. The van der Waals surface area contributed by atoms with Crippen molar-refractivity contribution in [3.8, 4) is 5.75 Å². The van der Waals surface area contributed by atoms with Gasteiger partial charge < -0.3 is 14.5 Å². The SMILES string of the molecule is CCOc1cccn2c(C(=O)NCc3ccoc3)c(C)nc12. The second-order valence-electron chi connectivity index (χ2n) is 4.86. The monoisotopic (exact) mass is 299 g/mol. The van der Waals surface area contributed by atoms with E-state index in [1.165, 1.54) is 0 Å². The molecule has 1 amide bonds. The van der Waals surface area contributed by atoms with Crippen molar-refractivity contribution in [2.24, 2.45) is 0 Å². The number of ether oxygens (including phenoxy) is 1. The van der Waals surface area contributed by atoms with Crippen LogP contribution in [0.1, 0.15) is 28.7 Å². The van der Waals surface area contributed by atoms with Crippen LogP contribution in [0.25, 0.3) is 5.65 Å². The van der Waals surface area contributed by atoms with Crippen LogP contribution < -0.4 is 10.1 Å². The number of hydrogen-bond acceptors (Lipinski definition) is 4. The average Bonchev–Trinajstić information content (AvgIpc) is 3.12. The van der Waals surface area contributed by atoms with Crippen molar-refractivity contribution in [2.45, 2.75) is 20.4 Å². The molecule has 3 aromatic heterocycles. The van der Waals surface area contributed by atoms with Gasteiger partial charge >= 0.3 is 0 Å². The molecule has 0 atom stereocenters. The highest BCUT2D eigenvalue weighted by Crippen LogP contribution is 2.22. The minimum absolute atomic E-state index is 0.181. The molecule has 0 saturated carbocycles. The number of pyridine rings is 1. The Hall–Kier alpha value is -2.76. The van der Waals surface area contributed by atoms with Gasteiger partial charge in [0, 0.05) is 18.3 Å². The summed E-state index contributed by atoms with van der Waals surface area (Å²) in [5, 5.41) is 2.87. The zero-order valence-corrected chi connectivity index (χ0v) is 12.5. The zero-order chi connectivity index (χ0) is 15.5. The fourth-order valence-electron chi connectivity index (χ4n) is 2.36. The standard InChI is InChI=1S/C16H17N3O3/c1-3-22-13-5-4-7-19-14(11(2)18-15(13)19)16(20)17-9-12-6-8-21-10-12/h4-8,10H,3,9H2,1-2H3,(H,17,20). The van der Waals surface area contributed by atoms with E-state index in [-0.39, 0.29) is 5.91 Å². The first kappa shape index (κ1) is 14.2. The Morgan fingerprint density at radius 1 is 1.45 bits per heavy atom. The Labute approximate surface area is 127 Å². The van der Waals surface area contributed by atoms with Gasteiger partial charge in [-0.25, -0.2) is 4.98 Å². The molecule has 3 heterocycles. The Morgan fingerprint density at radius 2 is 2.32 bits per heavy atom. The highest BCUT2D eigenvalue weighted by molar-refractivity contribution is 5.94. The van der Waals surface area contributed by atoms with Crippen LogP contribution in [0.5, 0.6) is 5.75 Å². The van der Waals surface area contributed by atoms with E-state index >= 15 is 0 Å². The number of nitrogens with one attached hydrogen (secondary N) is 1. The molecule has 6 heteroatoms. The molecule has 1 N–H and O–H groups in total. The molecule has 0 aliphatic carbocycles. The maximum atomic E-state index is 12.5. The van der Waals surface area contributed by atoms with Crippen molar-refractivity contribution in [3.05, 3.63) is 53.9 Å². The molecule has 3 aromatic rings. The topological polar surface area (TPSA) is 68.8 Å². The van der Waals surface area contributed by atoms with Crippen molar-refractivity contribution in [1.29, 1.82) is 0 Å². The summed E-state index contributed by atoms with van der Waals surface area (Å²) >= 11 is 0. The van der Waals surface area contributed by atoms with E-state index in [0.29, 0.717) is 35.9 Å². The number of aryl methyl sites for hydroxylation is 1. The summed E-state index contributed by atoms with van der Waals surface area (Å²) in [5.41, 5.74) is 2.74. The maximum absolute atomic E-state index is 12.5. The number of imidazole rings is 1. The second kappa shape index (κ2) is 5.93. The largest absolute Gasteiger partial charge is 0.490 e. The summed E-state index contributed by atoms with van der Waals surface area (Å²) in [5.74, 6) is 0.488. The van der Waals surface area contributed by atoms with Gasteiger partial charge in [0.25, 0.3) is 5.91 Å². The van der Waals surface area contributed by atoms with Crippen LogP contribution in [0.3, 0.4) is 0 Å². The second-order valence-corrected chi connectivity index (χ2v) is 4.86. The number of carbonyl (C=O) groups is 1. The number of hydrogen-bond donors (Lipinski definition) is 1. The lowest BCUT2D eigenvalue weighted by Gasteiger charge is -2.07. The minimum atomic E-state index is -0.181. The molecule has 0 unspecified atom stereocenters. The van der Waals surface area contributed by atoms with E-state index < -0.39 is 0 Å². The number of rotatable bonds is 5. The van der Waals surface area contributed by atoms with Gasteiger partial charge in [-0.3, -0.25) is 9.20 Å². The number of nitrogens with zero attached hydrogens (tertiary/aromatic N) is 2. The van der Waals surface area contributed by atoms with E-state index in [1.54, 1.807) is 16.9 Å². The smallest absolute Gasteiger partial charge is 0.270 e. The number of furan rings is 1. The molecule has 3 rings (SSSR count). The lowest BCUT2D eigenvalue weighted by atomic mass is 10.3. The number of carbonyl (C=O) groups excluding carboxylic acids is 1. The van der Waals surface area contributed by atoms with Crippen molar-refractivity contribution >= 4 is 11.6 Å². The molecule has 0 fully saturated rings. The normalized spacial score (nSPS) is 10.8. The summed E-state index contributed by atoms with van der Waals surface area (Å²) < 4.78 is 12.3. The van der Waals surface area contributed by atoms with Gasteiger partial charge in [-0.1, -0.05) is 0 Å². The Morgan fingerprint density at radius 3 is 3.05 bits per heavy atom. The molecule has 6 nitrogen and oxygen atoms in total. The minimum Gasteiger partial charge on any atom is -0.490 e. The van der Waals surface area contributed by atoms with Gasteiger partial charge in [-0.05, 0) is 32.0 Å². The van der Waals surface area contributed by atoms with Crippen LogP contribution in [-0.2, 0) is 6.54 Å². The number of amides is 1. The van der Waals surface area contributed by atoms with E-state index in [2.05, 4.69) is 10.3 Å². The maximum Gasteiger partial charge on any atom is 0.270 e. The summed E-state index contributed by atoms with van der Waals surface area (Å²) in [6.45, 7) is 4.69. The fraction of sp³-hybridized carbons (Fsp3) is 0.250. The molecule has 0 radical (unpaired) electrons. The zero-order valence-electron chi connectivity index (χ0n) is 12.5. The van der Waals surface area contributed by atoms with Crippen molar-refractivity contribution < 1.29 is 13.9 Å². The quantitative estimate of drug-likeness (QED) is 0.786. The fourth-order valence-corrected chi connectivity index (χ4v) is 2.36. The van der Waals surface area contributed by atoms with Crippen LogP contribution in [0.2, 0.25) is 0 Å². The van der Waals surface area contributed by atoms with E-state index in [0.717, 1.165) is 5.56 Å². The van der Waals surface area contributed by atoms with Crippen LogP contribution in [0, 0.1) is 6.92 Å². The third-order valence-corrected chi connectivity index (χ3v) is 3.34. The Kier molecular flexibility index (Phi) is 3.82. The molecule has 0 aliphatic heterocycles. The number of fused-ring (bicyclic) bond motifs is 1. The van der Waals surface area contributed by atoms with Crippen molar-refractivity contribution in [1.82, 2.24) is 14.7 Å². The first-order chi connectivity index (χ1) is 10.7. The van der Waals surface area contributed by atoms with E-state index in [1.807, 2.05) is 38.2 Å². The van der Waals surface area contributed by atoms with Gasteiger partial charge in [0.1, 0.15) is 5.69 Å². The lowest BCUT2D eigenvalue weighted by Crippen LogP contribution is -2.24. The average molecular weight is 299 g/mol. The first-order valence-electron chi connectivity index (χ1n) is 7.10. The number of aromatic nitrogens is 2. The highest BCUT2D eigenvalue weighted by atomic mass is 16.5. The van der Waals surface area contributed by atoms with Crippen molar-refractivity contribution in [2.75, 3.05) is 6.61 Å². The molecule has 0 spiro atoms. The molecular formula is C16H17N3O3. The summed E-state index contributed by atoms with van der Waals surface area (Å²) in [4.78, 5) is 16.9. The molecule has 22 heavy (non-hydrogen) atoms. The summed E-state index contributed by atoms with van der Waals surface area (Å²) in [6.07, 6.45) is 4.99. The first-order valence-corrected chi connectivity index (χ1v) is 7.10. The van der Waals surface area contributed by atoms with Gasteiger partial charge in [0.15, 0.2) is 11.4 Å². The Balaban J connectivity index is 1.91. The predicted molar refractivity (Wildman–Crippen MR) is 81.0 cm³/mol. The predicted octanol–water partition coefficient (Wildman–Crippen LogP) is 2.56. The molecule has 0 aliphatic rings. The van der Waals surface area contributed by atoms with Gasteiger partial charge in [-0.2, -0.15) is 0 Å². The highest BCUT2D eigenvalue weighted by Gasteiger charge is 2.18. The molecule has 0 saturated heterocycles. The van der Waals surface area contributed by atoms with Crippen LogP contribution >= 0.6 is 0 Å². The molecule has 114 valence electrons. The van der Waals surface area contributed by atoms with Crippen LogP contribution in [0.15, 0.2) is 41.3 Å². The van der Waals surface area contributed by atoms with Crippen LogP contribution in [-0.4, -0.2) is 21.9 Å². The van der Waals surface area contributed by atoms with Gasteiger partial charge in [0.2, 0.25) is 0 Å². The van der Waals surface area contributed by atoms with Crippen molar-refractivity contribution in [3.63, 3.8) is 0 Å². The van der Waals surface area contributed by atoms with E-state index in [9.17, 15) is 4.79 Å². The van der Waals surface area contributed by atoms with Gasteiger partial charge in [-0.15, -0.1) is 0 Å². The molecule has 0 bridgehead atoms. The molecule has 0 aromatic carbocycles. The summed E-state index contributed by atoms with van der Waals surface area (Å²) in [7, 11) is 0. The van der Waals surface area contributed by atoms with E-state index in [4.69, 9.17) is 9.15 Å². The van der Waals surface area contributed by atoms with Gasteiger partial charge in [0.05, 0.1) is 24.8 Å². The van der Waals surface area contributed by atoms with Crippen LogP contribution in [0.4, 0.5) is 0 Å². The third kappa shape index (κ3) is 2.55. The summed E-state index contributed by atoms with van der Waals surface area (Å²) in [6, 6.07) is 5.50. The Bertz CT molecular complexity index is 790. The molecular weight excluding hydrogens is 282 g/mol.